The highest BCUT2D eigenvalue weighted by molar-refractivity contribution is 7.80. The highest BCUT2D eigenvalue weighted by Gasteiger charge is 2.45. The minimum atomic E-state index is 0.0369. The van der Waals surface area contributed by atoms with Crippen LogP contribution in [0.25, 0.3) is 0 Å². The second kappa shape index (κ2) is 5.96. The Balaban J connectivity index is 1.75. The molecule has 2 fully saturated rings. The van der Waals surface area contributed by atoms with Gasteiger partial charge in [-0.1, -0.05) is 18.9 Å². The Morgan fingerprint density at radius 1 is 1.22 bits per heavy atom. The van der Waals surface area contributed by atoms with Crippen LogP contribution in [0.1, 0.15) is 55.0 Å². The van der Waals surface area contributed by atoms with Crippen molar-refractivity contribution in [1.29, 1.82) is 0 Å². The van der Waals surface area contributed by atoms with E-state index in [4.69, 9.17) is 16.6 Å². The summed E-state index contributed by atoms with van der Waals surface area (Å²) in [6.07, 6.45) is 6.80. The van der Waals surface area contributed by atoms with E-state index < -0.39 is 0 Å². The van der Waals surface area contributed by atoms with Crippen LogP contribution in [0.15, 0.2) is 40.9 Å². The Kier molecular flexibility index (Phi) is 3.81. The molecule has 4 rings (SSSR count). The molecule has 0 radical (unpaired) electrons. The number of pyridine rings is 1. The number of hydrogen-bond acceptors (Lipinski definition) is 3. The maximum atomic E-state index is 5.99. The summed E-state index contributed by atoms with van der Waals surface area (Å²) >= 11 is 5.68. The molecule has 0 aromatic carbocycles. The van der Waals surface area contributed by atoms with Crippen molar-refractivity contribution < 1.29 is 4.42 Å². The molecule has 120 valence electrons. The first kappa shape index (κ1) is 14.7. The molecule has 0 unspecified atom stereocenters. The second-order valence-electron chi connectivity index (χ2n) is 6.42. The normalized spacial score (nSPS) is 25.1. The smallest absolute Gasteiger partial charge is 0.170 e. The van der Waals surface area contributed by atoms with Gasteiger partial charge in [0, 0.05) is 12.2 Å². The van der Waals surface area contributed by atoms with Crippen molar-refractivity contribution >= 4 is 17.3 Å². The summed E-state index contributed by atoms with van der Waals surface area (Å²) in [5, 5.41) is 4.32. The number of aryl methyl sites for hydroxylation is 1. The van der Waals surface area contributed by atoms with Gasteiger partial charge in [0.2, 0.25) is 0 Å². The number of rotatable bonds is 3. The van der Waals surface area contributed by atoms with Gasteiger partial charge in [-0.2, -0.15) is 0 Å². The Labute approximate surface area is 141 Å². The molecule has 1 aliphatic heterocycles. The molecule has 1 saturated heterocycles. The van der Waals surface area contributed by atoms with Gasteiger partial charge in [0.05, 0.1) is 11.7 Å². The molecule has 0 bridgehead atoms. The monoisotopic (exact) mass is 327 g/mol. The molecule has 2 aromatic heterocycles. The Morgan fingerprint density at radius 2 is 2.04 bits per heavy atom. The van der Waals surface area contributed by atoms with Crippen LogP contribution < -0.4 is 5.32 Å². The second-order valence-corrected chi connectivity index (χ2v) is 6.81. The topological polar surface area (TPSA) is 41.3 Å². The first-order valence-corrected chi connectivity index (χ1v) is 8.71. The quantitative estimate of drug-likeness (QED) is 0.866. The standard InChI is InChI=1S/C18H21N3OS/c1-12-9-10-15(22-12)17-16(14-8-4-5-11-19-14)20-18(23)21(17)13-6-2-3-7-13/h4-5,8-11,13,16-17H,2-3,6-7H2,1H3,(H,20,23)/t16-,17+/m1/s1. The van der Waals surface area contributed by atoms with Gasteiger partial charge < -0.3 is 14.6 Å². The zero-order valence-corrected chi connectivity index (χ0v) is 14.1. The van der Waals surface area contributed by atoms with Gasteiger partial charge in [-0.3, -0.25) is 4.98 Å². The molecule has 1 N–H and O–H groups in total. The fourth-order valence-electron chi connectivity index (χ4n) is 3.86. The molecular weight excluding hydrogens is 306 g/mol. The highest BCUT2D eigenvalue weighted by Crippen LogP contribution is 2.43. The van der Waals surface area contributed by atoms with E-state index in [2.05, 4.69) is 27.3 Å². The Hall–Kier alpha value is -1.88. The number of furan rings is 1. The van der Waals surface area contributed by atoms with Gasteiger partial charge >= 0.3 is 0 Å². The lowest BCUT2D eigenvalue weighted by molar-refractivity contribution is 0.215. The molecule has 0 spiro atoms. The third-order valence-corrected chi connectivity index (χ3v) is 5.23. The molecule has 2 aliphatic rings. The molecule has 3 heterocycles. The molecule has 1 saturated carbocycles. The SMILES string of the molecule is Cc1ccc([C@H]2[C@@H](c3ccccn3)NC(=S)N2C2CCCC2)o1. The summed E-state index contributed by atoms with van der Waals surface area (Å²) in [4.78, 5) is 6.91. The lowest BCUT2D eigenvalue weighted by Gasteiger charge is -2.31. The minimum absolute atomic E-state index is 0.0369. The van der Waals surface area contributed by atoms with Crippen LogP contribution in [0, 0.1) is 6.92 Å². The molecular formula is C18H21N3OS. The lowest BCUT2D eigenvalue weighted by Crippen LogP contribution is -2.37. The summed E-state index contributed by atoms with van der Waals surface area (Å²) in [5.74, 6) is 1.90. The maximum absolute atomic E-state index is 5.99. The van der Waals surface area contributed by atoms with Crippen molar-refractivity contribution in [3.8, 4) is 0 Å². The van der Waals surface area contributed by atoms with Crippen molar-refractivity contribution in [3.05, 3.63) is 53.7 Å². The van der Waals surface area contributed by atoms with Crippen LogP contribution in [-0.4, -0.2) is 21.0 Å². The Bertz CT molecular complexity index is 693. The predicted octanol–water partition coefficient (Wildman–Crippen LogP) is 3.90. The molecule has 2 aromatic rings. The first-order chi connectivity index (χ1) is 11.2. The van der Waals surface area contributed by atoms with Crippen molar-refractivity contribution in [2.45, 2.75) is 50.7 Å². The molecule has 2 atom stereocenters. The number of nitrogens with zero attached hydrogens (tertiary/aromatic N) is 2. The fourth-order valence-corrected chi connectivity index (χ4v) is 4.25. The van der Waals surface area contributed by atoms with Crippen LogP contribution in [0.5, 0.6) is 0 Å². The predicted molar refractivity (Wildman–Crippen MR) is 93.0 cm³/mol. The van der Waals surface area contributed by atoms with Crippen LogP contribution in [0.4, 0.5) is 0 Å². The van der Waals surface area contributed by atoms with Gasteiger partial charge in [-0.15, -0.1) is 0 Å². The van der Waals surface area contributed by atoms with E-state index >= 15 is 0 Å². The molecule has 5 heteroatoms. The Morgan fingerprint density at radius 3 is 2.70 bits per heavy atom. The van der Waals surface area contributed by atoms with E-state index in [1.54, 1.807) is 0 Å². The van der Waals surface area contributed by atoms with E-state index in [1.165, 1.54) is 25.7 Å². The van der Waals surface area contributed by atoms with E-state index in [-0.39, 0.29) is 12.1 Å². The average Bonchev–Trinajstić information content (AvgIpc) is 3.27. The third kappa shape index (κ3) is 2.63. The molecule has 0 amide bonds. The van der Waals surface area contributed by atoms with Crippen molar-refractivity contribution in [1.82, 2.24) is 15.2 Å². The fraction of sp³-hybridized carbons (Fsp3) is 0.444. The zero-order chi connectivity index (χ0) is 15.8. The van der Waals surface area contributed by atoms with Crippen molar-refractivity contribution in [2.24, 2.45) is 0 Å². The maximum Gasteiger partial charge on any atom is 0.170 e. The van der Waals surface area contributed by atoms with Crippen LogP contribution in [-0.2, 0) is 0 Å². The summed E-state index contributed by atoms with van der Waals surface area (Å²) in [7, 11) is 0. The summed E-state index contributed by atoms with van der Waals surface area (Å²) in [5.41, 5.74) is 1.01. The van der Waals surface area contributed by atoms with Gasteiger partial charge in [0.25, 0.3) is 0 Å². The molecule has 4 nitrogen and oxygen atoms in total. The number of hydrogen-bond donors (Lipinski definition) is 1. The van der Waals surface area contributed by atoms with Crippen molar-refractivity contribution in [2.75, 3.05) is 0 Å². The van der Waals surface area contributed by atoms with E-state index in [0.29, 0.717) is 6.04 Å². The average molecular weight is 327 g/mol. The zero-order valence-electron chi connectivity index (χ0n) is 13.2. The number of aromatic nitrogens is 1. The van der Waals surface area contributed by atoms with Crippen LogP contribution in [0.3, 0.4) is 0 Å². The van der Waals surface area contributed by atoms with Gasteiger partial charge in [0.15, 0.2) is 5.11 Å². The van der Waals surface area contributed by atoms with Gasteiger partial charge in [-0.05, 0) is 56.2 Å². The number of nitrogens with one attached hydrogen (secondary N) is 1. The summed E-state index contributed by atoms with van der Waals surface area (Å²) in [6, 6.07) is 10.7. The third-order valence-electron chi connectivity index (χ3n) is 4.91. The lowest BCUT2D eigenvalue weighted by atomic mass is 10.0. The van der Waals surface area contributed by atoms with E-state index in [9.17, 15) is 0 Å². The van der Waals surface area contributed by atoms with E-state index in [1.807, 2.05) is 31.3 Å². The highest BCUT2D eigenvalue weighted by atomic mass is 32.1. The number of thiocarbonyl (C=S) groups is 1. The molecule has 1 aliphatic carbocycles. The van der Waals surface area contributed by atoms with Crippen LogP contribution in [0.2, 0.25) is 0 Å². The van der Waals surface area contributed by atoms with Gasteiger partial charge in [-0.25, -0.2) is 0 Å². The largest absolute Gasteiger partial charge is 0.464 e. The summed E-state index contributed by atoms with van der Waals surface area (Å²) < 4.78 is 5.99. The van der Waals surface area contributed by atoms with Gasteiger partial charge in [0.1, 0.15) is 17.6 Å². The summed E-state index contributed by atoms with van der Waals surface area (Å²) in [6.45, 7) is 1.99. The minimum Gasteiger partial charge on any atom is -0.464 e. The van der Waals surface area contributed by atoms with Crippen LogP contribution >= 0.6 is 12.2 Å². The first-order valence-electron chi connectivity index (χ1n) is 8.30. The molecule has 23 heavy (non-hydrogen) atoms. The van der Waals surface area contributed by atoms with E-state index in [0.717, 1.165) is 22.3 Å². The van der Waals surface area contributed by atoms with Crippen molar-refractivity contribution in [3.63, 3.8) is 0 Å².